The number of methoxy groups -OCH3 is 1. The molecule has 2 aromatic carbocycles. The molecule has 0 saturated carbocycles. The number of hydrogen-bond donors (Lipinski definition) is 2. The van der Waals surface area contributed by atoms with Crippen LogP contribution < -0.4 is 14.8 Å². The number of rotatable bonds is 12. The van der Waals surface area contributed by atoms with Gasteiger partial charge in [-0.1, -0.05) is 54.9 Å². The number of nitrogens with zero attached hydrogens (tertiary/aromatic N) is 2. The van der Waals surface area contributed by atoms with Crippen LogP contribution in [-0.2, 0) is 4.79 Å². The number of amides is 1. The smallest absolute Gasteiger partial charge is 0.245 e. The molecule has 0 aliphatic heterocycles. The Kier molecular flexibility index (Phi) is 10.2. The Morgan fingerprint density at radius 2 is 1.93 bits per heavy atom. The summed E-state index contributed by atoms with van der Waals surface area (Å²) in [5, 5.41) is 4.96. The van der Waals surface area contributed by atoms with Gasteiger partial charge in [0.2, 0.25) is 11.8 Å². The van der Waals surface area contributed by atoms with Crippen molar-refractivity contribution in [2.75, 3.05) is 34.4 Å². The normalized spacial score (nSPS) is 12.8. The fourth-order valence-electron chi connectivity index (χ4n) is 4.58. The highest BCUT2D eigenvalue weighted by Gasteiger charge is 2.20. The number of hydrogen-bond acceptors (Lipinski definition) is 5. The monoisotopic (exact) mass is 572 g/mol. The van der Waals surface area contributed by atoms with Crippen LogP contribution in [0, 0.1) is 0 Å². The molecule has 2 heterocycles. The van der Waals surface area contributed by atoms with E-state index in [1.54, 1.807) is 27.3 Å². The zero-order valence-corrected chi connectivity index (χ0v) is 25.0. The first kappa shape index (κ1) is 29.9. The fraction of sp³-hybridized carbons (Fsp3) is 0.273. The molecule has 41 heavy (non-hydrogen) atoms. The minimum absolute atomic E-state index is 0.0377. The maximum Gasteiger partial charge on any atom is 0.245 e. The van der Waals surface area contributed by atoms with Crippen LogP contribution >= 0.6 is 11.6 Å². The second-order valence-electron chi connectivity index (χ2n) is 9.87. The van der Waals surface area contributed by atoms with E-state index in [9.17, 15) is 4.79 Å². The summed E-state index contributed by atoms with van der Waals surface area (Å²) < 4.78 is 11.4. The average molecular weight is 573 g/mol. The molecule has 214 valence electrons. The lowest BCUT2D eigenvalue weighted by atomic mass is 9.91. The maximum absolute atomic E-state index is 11.7. The van der Waals surface area contributed by atoms with Gasteiger partial charge in [0.05, 0.1) is 17.8 Å². The van der Waals surface area contributed by atoms with Crippen molar-refractivity contribution in [2.24, 2.45) is 0 Å². The zero-order valence-electron chi connectivity index (χ0n) is 24.2. The van der Waals surface area contributed by atoms with E-state index in [0.29, 0.717) is 24.1 Å². The second kappa shape index (κ2) is 14.0. The van der Waals surface area contributed by atoms with E-state index in [4.69, 9.17) is 21.1 Å². The Hall–Kier alpha value is -4.07. The number of fused-ring (bicyclic) bond motifs is 1. The summed E-state index contributed by atoms with van der Waals surface area (Å²) in [4.78, 5) is 21.4. The van der Waals surface area contributed by atoms with Crippen molar-refractivity contribution in [2.45, 2.75) is 26.3 Å². The number of pyridine rings is 1. The minimum Gasteiger partial charge on any atom is -0.497 e. The van der Waals surface area contributed by atoms with Crippen molar-refractivity contribution in [1.82, 2.24) is 20.2 Å². The highest BCUT2D eigenvalue weighted by Crippen LogP contribution is 2.40. The van der Waals surface area contributed by atoms with E-state index in [-0.39, 0.29) is 11.9 Å². The third kappa shape index (κ3) is 7.37. The summed E-state index contributed by atoms with van der Waals surface area (Å²) in [5.74, 6) is 1.28. The van der Waals surface area contributed by atoms with Gasteiger partial charge >= 0.3 is 0 Å². The Labute approximate surface area is 246 Å². The Morgan fingerprint density at radius 3 is 2.61 bits per heavy atom. The molecule has 0 aliphatic carbocycles. The molecule has 1 atom stereocenters. The number of halogens is 1. The van der Waals surface area contributed by atoms with Gasteiger partial charge in [-0.05, 0) is 48.7 Å². The van der Waals surface area contributed by atoms with Crippen molar-refractivity contribution >= 4 is 39.6 Å². The standard InChI is InChI=1S/C33H37ClN4O3/c1-6-26(23-10-9-11-25(20-23)40-5)31(33-32(34)27-12-7-8-13-28(27)37-33)24-15-16-29(36-21-24)41-19-18-35-22(2)14-17-30(39)38(3)4/h7-17,20-22,35,37H,6,18-19H2,1-5H3/b17-14+,31-26+/t22-/m0/s1. The van der Waals surface area contributed by atoms with Gasteiger partial charge in [0, 0.05) is 67.1 Å². The Morgan fingerprint density at radius 1 is 1.12 bits per heavy atom. The van der Waals surface area contributed by atoms with E-state index >= 15 is 0 Å². The zero-order chi connectivity index (χ0) is 29.4. The van der Waals surface area contributed by atoms with Crippen molar-refractivity contribution in [1.29, 1.82) is 0 Å². The molecular weight excluding hydrogens is 536 g/mol. The van der Waals surface area contributed by atoms with Gasteiger partial charge in [-0.3, -0.25) is 4.79 Å². The van der Waals surface area contributed by atoms with Gasteiger partial charge in [0.25, 0.3) is 0 Å². The number of benzene rings is 2. The molecule has 7 nitrogen and oxygen atoms in total. The van der Waals surface area contributed by atoms with Crippen molar-refractivity contribution in [3.63, 3.8) is 0 Å². The first-order chi connectivity index (χ1) is 19.8. The quantitative estimate of drug-likeness (QED) is 0.148. The van der Waals surface area contributed by atoms with Crippen molar-refractivity contribution in [3.8, 4) is 11.6 Å². The van der Waals surface area contributed by atoms with Crippen molar-refractivity contribution in [3.05, 3.63) is 101 Å². The number of likely N-dealkylation sites (N-methyl/N-ethyl adjacent to an activating group) is 1. The lowest BCUT2D eigenvalue weighted by Crippen LogP contribution is -2.29. The van der Waals surface area contributed by atoms with Crippen LogP contribution in [0.15, 0.2) is 79.0 Å². The van der Waals surface area contributed by atoms with Gasteiger partial charge in [-0.25, -0.2) is 4.98 Å². The van der Waals surface area contributed by atoms with Crippen LogP contribution in [0.4, 0.5) is 0 Å². The number of carbonyl (C=O) groups excluding carboxylic acids is 1. The fourth-order valence-corrected chi connectivity index (χ4v) is 4.89. The summed E-state index contributed by atoms with van der Waals surface area (Å²) in [6.45, 7) is 5.17. The predicted molar refractivity (Wildman–Crippen MR) is 168 cm³/mol. The molecule has 0 spiro atoms. The van der Waals surface area contributed by atoms with E-state index in [2.05, 4.69) is 28.3 Å². The largest absolute Gasteiger partial charge is 0.497 e. The lowest BCUT2D eigenvalue weighted by Gasteiger charge is -2.16. The number of carbonyl (C=O) groups is 1. The van der Waals surface area contributed by atoms with Gasteiger partial charge in [0.15, 0.2) is 0 Å². The molecule has 4 rings (SSSR count). The molecule has 0 saturated heterocycles. The molecule has 0 fully saturated rings. The van der Waals surface area contributed by atoms with Crippen LogP contribution in [-0.4, -0.2) is 61.2 Å². The summed E-state index contributed by atoms with van der Waals surface area (Å²) in [7, 11) is 5.13. The number of allylic oxidation sites excluding steroid dienone is 1. The van der Waals surface area contributed by atoms with Crippen LogP contribution in [0.2, 0.25) is 5.02 Å². The first-order valence-electron chi connectivity index (χ1n) is 13.7. The molecule has 4 aromatic rings. The SMILES string of the molecule is CC/C(=C(/c1ccc(OCCN[C@@H](C)/C=C/C(=O)N(C)C)nc1)c1[nH]c2ccccc2c1Cl)c1cccc(OC)c1. The molecule has 1 amide bonds. The average Bonchev–Trinajstić information content (AvgIpc) is 3.32. The Bertz CT molecular complexity index is 1540. The highest BCUT2D eigenvalue weighted by atomic mass is 35.5. The van der Waals surface area contributed by atoms with Crippen LogP contribution in [0.3, 0.4) is 0 Å². The highest BCUT2D eigenvalue weighted by molar-refractivity contribution is 6.38. The maximum atomic E-state index is 11.7. The number of nitrogens with one attached hydrogen (secondary N) is 2. The third-order valence-corrected chi connectivity index (χ3v) is 7.17. The third-order valence-electron chi connectivity index (χ3n) is 6.78. The molecule has 2 N–H and O–H groups in total. The summed E-state index contributed by atoms with van der Waals surface area (Å²) in [6.07, 6.45) is 6.00. The van der Waals surface area contributed by atoms with Crippen molar-refractivity contribution < 1.29 is 14.3 Å². The molecular formula is C33H37ClN4O3. The molecule has 0 radical (unpaired) electrons. The summed E-state index contributed by atoms with van der Waals surface area (Å²) >= 11 is 6.98. The van der Waals surface area contributed by atoms with Crippen LogP contribution in [0.5, 0.6) is 11.6 Å². The predicted octanol–water partition coefficient (Wildman–Crippen LogP) is 6.60. The Balaban J connectivity index is 1.59. The summed E-state index contributed by atoms with van der Waals surface area (Å²) in [6, 6.07) is 20.0. The number of aromatic nitrogens is 2. The molecule has 2 aromatic heterocycles. The molecule has 0 bridgehead atoms. The molecule has 8 heteroatoms. The van der Waals surface area contributed by atoms with Gasteiger partial charge in [0.1, 0.15) is 12.4 Å². The number of para-hydroxylation sites is 1. The van der Waals surface area contributed by atoms with E-state index < -0.39 is 0 Å². The minimum atomic E-state index is -0.0426. The van der Waals surface area contributed by atoms with Crippen LogP contribution in [0.1, 0.15) is 37.1 Å². The van der Waals surface area contributed by atoms with E-state index in [1.807, 2.05) is 73.8 Å². The number of H-pyrrole nitrogens is 1. The van der Waals surface area contributed by atoms with Crippen LogP contribution in [0.25, 0.3) is 22.0 Å². The first-order valence-corrected chi connectivity index (χ1v) is 14.1. The van der Waals surface area contributed by atoms with Gasteiger partial charge in [-0.2, -0.15) is 0 Å². The topological polar surface area (TPSA) is 79.5 Å². The van der Waals surface area contributed by atoms with E-state index in [1.165, 1.54) is 4.90 Å². The van der Waals surface area contributed by atoms with E-state index in [0.717, 1.165) is 51.0 Å². The number of aromatic amines is 1. The number of ether oxygens (including phenoxy) is 2. The molecule has 0 aliphatic rings. The molecule has 0 unspecified atom stereocenters. The lowest BCUT2D eigenvalue weighted by molar-refractivity contribution is -0.123. The summed E-state index contributed by atoms with van der Waals surface area (Å²) in [5.41, 5.74) is 5.90. The van der Waals surface area contributed by atoms with Gasteiger partial charge in [-0.15, -0.1) is 0 Å². The van der Waals surface area contributed by atoms with Gasteiger partial charge < -0.3 is 24.7 Å². The second-order valence-corrected chi connectivity index (χ2v) is 10.2.